The second-order valence-electron chi connectivity index (χ2n) is 3.08. The summed E-state index contributed by atoms with van der Waals surface area (Å²) in [5.41, 5.74) is 1.07. The van der Waals surface area contributed by atoms with E-state index in [0.717, 1.165) is 24.3 Å². The summed E-state index contributed by atoms with van der Waals surface area (Å²) in [6.07, 6.45) is 0.895. The standard InChI is InChI=1S/C8H12N2O2/c1-5-3-7-6(4-9-5)8(11-2)10-12-7/h5,9H,3-4H2,1-2H3. The van der Waals surface area contributed by atoms with Gasteiger partial charge in [0.15, 0.2) is 0 Å². The predicted octanol–water partition coefficient (Wildman–Crippen LogP) is 0.717. The van der Waals surface area contributed by atoms with Gasteiger partial charge in [-0.1, -0.05) is 0 Å². The number of hydrogen-bond acceptors (Lipinski definition) is 4. The average molecular weight is 168 g/mol. The van der Waals surface area contributed by atoms with E-state index in [1.54, 1.807) is 7.11 Å². The summed E-state index contributed by atoms with van der Waals surface area (Å²) in [5, 5.41) is 7.13. The molecular weight excluding hydrogens is 156 g/mol. The van der Waals surface area contributed by atoms with Gasteiger partial charge in [-0.15, -0.1) is 0 Å². The van der Waals surface area contributed by atoms with Crippen molar-refractivity contribution in [2.75, 3.05) is 7.11 Å². The summed E-state index contributed by atoms with van der Waals surface area (Å²) in [4.78, 5) is 0. The number of ether oxygens (including phenoxy) is 1. The van der Waals surface area contributed by atoms with E-state index in [-0.39, 0.29) is 0 Å². The molecule has 1 atom stereocenters. The van der Waals surface area contributed by atoms with Crippen LogP contribution in [0, 0.1) is 0 Å². The highest BCUT2D eigenvalue weighted by molar-refractivity contribution is 5.30. The topological polar surface area (TPSA) is 47.3 Å². The van der Waals surface area contributed by atoms with Gasteiger partial charge in [-0.2, -0.15) is 0 Å². The van der Waals surface area contributed by atoms with Gasteiger partial charge >= 0.3 is 0 Å². The molecule has 0 aromatic carbocycles. The van der Waals surface area contributed by atoms with Crippen molar-refractivity contribution >= 4 is 0 Å². The Morgan fingerprint density at radius 2 is 2.50 bits per heavy atom. The fourth-order valence-electron chi connectivity index (χ4n) is 1.45. The molecule has 0 aliphatic carbocycles. The smallest absolute Gasteiger partial charge is 0.258 e. The molecule has 0 fully saturated rings. The van der Waals surface area contributed by atoms with Gasteiger partial charge in [-0.3, -0.25) is 0 Å². The maximum Gasteiger partial charge on any atom is 0.258 e. The van der Waals surface area contributed by atoms with Crippen LogP contribution in [0.5, 0.6) is 5.88 Å². The van der Waals surface area contributed by atoms with Gasteiger partial charge in [-0.05, 0) is 12.1 Å². The van der Waals surface area contributed by atoms with Crippen molar-refractivity contribution in [1.82, 2.24) is 10.5 Å². The maximum atomic E-state index is 5.13. The summed E-state index contributed by atoms with van der Waals surface area (Å²) >= 11 is 0. The number of hydrogen-bond donors (Lipinski definition) is 1. The number of aromatic nitrogens is 1. The Balaban J connectivity index is 2.32. The molecule has 2 heterocycles. The molecule has 0 spiro atoms. The largest absolute Gasteiger partial charge is 0.479 e. The Morgan fingerprint density at radius 1 is 1.67 bits per heavy atom. The molecule has 4 heteroatoms. The summed E-state index contributed by atoms with van der Waals surface area (Å²) < 4.78 is 10.2. The summed E-state index contributed by atoms with van der Waals surface area (Å²) in [6.45, 7) is 2.92. The fraction of sp³-hybridized carbons (Fsp3) is 0.625. The molecule has 66 valence electrons. The summed E-state index contributed by atoms with van der Waals surface area (Å²) in [6, 6.07) is 0.468. The monoisotopic (exact) mass is 168 g/mol. The normalized spacial score (nSPS) is 22.0. The van der Waals surface area contributed by atoms with Crippen molar-refractivity contribution in [2.45, 2.75) is 25.9 Å². The van der Waals surface area contributed by atoms with Crippen molar-refractivity contribution in [3.63, 3.8) is 0 Å². The van der Waals surface area contributed by atoms with E-state index in [1.807, 2.05) is 0 Å². The lowest BCUT2D eigenvalue weighted by atomic mass is 10.1. The Kier molecular flexibility index (Phi) is 1.77. The Labute approximate surface area is 70.9 Å². The number of methoxy groups -OCH3 is 1. The van der Waals surface area contributed by atoms with Crippen LogP contribution in [0.15, 0.2) is 4.52 Å². The number of rotatable bonds is 1. The molecule has 1 N–H and O–H groups in total. The van der Waals surface area contributed by atoms with Crippen molar-refractivity contribution in [3.8, 4) is 5.88 Å². The van der Waals surface area contributed by atoms with Crippen LogP contribution in [0.25, 0.3) is 0 Å². The molecule has 1 unspecified atom stereocenters. The van der Waals surface area contributed by atoms with Gasteiger partial charge in [0.25, 0.3) is 5.88 Å². The van der Waals surface area contributed by atoms with Gasteiger partial charge in [0.1, 0.15) is 5.76 Å². The Morgan fingerprint density at radius 3 is 3.25 bits per heavy atom. The van der Waals surface area contributed by atoms with Crippen molar-refractivity contribution < 1.29 is 9.26 Å². The fourth-order valence-corrected chi connectivity index (χ4v) is 1.45. The third-order valence-electron chi connectivity index (χ3n) is 2.15. The van der Waals surface area contributed by atoms with Crippen LogP contribution in [0.3, 0.4) is 0 Å². The van der Waals surface area contributed by atoms with Crippen LogP contribution >= 0.6 is 0 Å². The van der Waals surface area contributed by atoms with Gasteiger partial charge in [0.05, 0.1) is 12.7 Å². The molecule has 0 saturated carbocycles. The first-order valence-electron chi connectivity index (χ1n) is 4.06. The summed E-state index contributed by atoms with van der Waals surface area (Å²) in [5.74, 6) is 1.57. The molecule has 2 rings (SSSR count). The second kappa shape index (κ2) is 2.79. The second-order valence-corrected chi connectivity index (χ2v) is 3.08. The van der Waals surface area contributed by atoms with E-state index in [0.29, 0.717) is 11.9 Å². The first-order chi connectivity index (χ1) is 5.81. The third-order valence-corrected chi connectivity index (χ3v) is 2.15. The first kappa shape index (κ1) is 7.61. The Hall–Kier alpha value is -1.03. The zero-order valence-electron chi connectivity index (χ0n) is 7.26. The van der Waals surface area contributed by atoms with Crippen molar-refractivity contribution in [1.29, 1.82) is 0 Å². The van der Waals surface area contributed by atoms with E-state index in [4.69, 9.17) is 9.26 Å². The zero-order valence-corrected chi connectivity index (χ0v) is 7.26. The lowest BCUT2D eigenvalue weighted by molar-refractivity contribution is 0.322. The quantitative estimate of drug-likeness (QED) is 0.671. The minimum absolute atomic E-state index is 0.468. The van der Waals surface area contributed by atoms with Crippen LogP contribution in [0.4, 0.5) is 0 Å². The van der Waals surface area contributed by atoms with Crippen molar-refractivity contribution in [2.24, 2.45) is 0 Å². The van der Waals surface area contributed by atoms with Crippen LogP contribution in [-0.2, 0) is 13.0 Å². The molecule has 12 heavy (non-hydrogen) atoms. The SMILES string of the molecule is COc1noc2c1CNC(C)C2. The van der Waals surface area contributed by atoms with Crippen LogP contribution < -0.4 is 10.1 Å². The molecule has 1 aliphatic heterocycles. The minimum atomic E-state index is 0.468. The predicted molar refractivity (Wildman–Crippen MR) is 43.1 cm³/mol. The van der Waals surface area contributed by atoms with E-state index in [9.17, 15) is 0 Å². The van der Waals surface area contributed by atoms with Crippen LogP contribution in [0.2, 0.25) is 0 Å². The highest BCUT2D eigenvalue weighted by Gasteiger charge is 2.22. The van der Waals surface area contributed by atoms with Gasteiger partial charge in [0, 0.05) is 19.0 Å². The Bertz CT molecular complexity index is 283. The lowest BCUT2D eigenvalue weighted by Crippen LogP contribution is -2.32. The number of nitrogens with zero attached hydrogens (tertiary/aromatic N) is 1. The van der Waals surface area contributed by atoms with Crippen LogP contribution in [0.1, 0.15) is 18.2 Å². The van der Waals surface area contributed by atoms with E-state index >= 15 is 0 Å². The molecule has 1 aromatic heterocycles. The van der Waals surface area contributed by atoms with Gasteiger partial charge in [0.2, 0.25) is 0 Å². The molecule has 0 saturated heterocycles. The van der Waals surface area contributed by atoms with Gasteiger partial charge in [-0.25, -0.2) is 0 Å². The molecular formula is C8H12N2O2. The number of nitrogens with one attached hydrogen (secondary N) is 1. The molecule has 0 bridgehead atoms. The lowest BCUT2D eigenvalue weighted by Gasteiger charge is -2.17. The molecule has 4 nitrogen and oxygen atoms in total. The molecule has 1 aromatic rings. The highest BCUT2D eigenvalue weighted by atomic mass is 16.5. The van der Waals surface area contributed by atoms with Crippen molar-refractivity contribution in [3.05, 3.63) is 11.3 Å². The highest BCUT2D eigenvalue weighted by Crippen LogP contribution is 2.25. The average Bonchev–Trinajstić information content (AvgIpc) is 2.46. The maximum absolute atomic E-state index is 5.13. The van der Waals surface area contributed by atoms with Gasteiger partial charge < -0.3 is 14.6 Å². The minimum Gasteiger partial charge on any atom is -0.479 e. The molecule has 1 aliphatic rings. The first-order valence-corrected chi connectivity index (χ1v) is 4.06. The molecule has 0 amide bonds. The molecule has 0 radical (unpaired) electrons. The zero-order chi connectivity index (χ0) is 8.55. The summed E-state index contributed by atoms with van der Waals surface area (Å²) in [7, 11) is 1.61. The number of fused-ring (bicyclic) bond motifs is 1. The van der Waals surface area contributed by atoms with E-state index < -0.39 is 0 Å². The van der Waals surface area contributed by atoms with E-state index in [1.165, 1.54) is 0 Å². The third kappa shape index (κ3) is 1.08. The van der Waals surface area contributed by atoms with Crippen LogP contribution in [-0.4, -0.2) is 18.3 Å². The van der Waals surface area contributed by atoms with E-state index in [2.05, 4.69) is 17.4 Å².